The van der Waals surface area contributed by atoms with Gasteiger partial charge in [0.1, 0.15) is 5.75 Å². The predicted octanol–water partition coefficient (Wildman–Crippen LogP) is 5.47. The van der Waals surface area contributed by atoms with Gasteiger partial charge in [0.15, 0.2) is 6.10 Å². The summed E-state index contributed by atoms with van der Waals surface area (Å²) in [6.07, 6.45) is -0.607. The van der Waals surface area contributed by atoms with E-state index in [1.54, 1.807) is 18.7 Å². The second-order valence-electron chi connectivity index (χ2n) is 5.55. The van der Waals surface area contributed by atoms with E-state index in [-0.39, 0.29) is 5.91 Å². The van der Waals surface area contributed by atoms with E-state index < -0.39 is 6.10 Å². The van der Waals surface area contributed by atoms with Crippen LogP contribution >= 0.6 is 23.4 Å². The number of anilines is 1. The molecule has 1 atom stereocenters. The summed E-state index contributed by atoms with van der Waals surface area (Å²) in [5, 5.41) is 3.67. The van der Waals surface area contributed by atoms with Crippen molar-refractivity contribution in [1.29, 1.82) is 0 Å². The first-order valence-electron chi connectivity index (χ1n) is 7.88. The van der Waals surface area contributed by atoms with Crippen molar-refractivity contribution in [3.8, 4) is 5.75 Å². The lowest BCUT2D eigenvalue weighted by Gasteiger charge is -2.17. The summed E-state index contributed by atoms with van der Waals surface area (Å²) in [6, 6.07) is 11.5. The van der Waals surface area contributed by atoms with Gasteiger partial charge in [-0.15, -0.1) is 11.8 Å². The minimum Gasteiger partial charge on any atom is -0.481 e. The van der Waals surface area contributed by atoms with Crippen molar-refractivity contribution < 1.29 is 9.53 Å². The number of carbonyl (C=O) groups is 1. The zero-order chi connectivity index (χ0) is 17.7. The van der Waals surface area contributed by atoms with Crippen molar-refractivity contribution in [1.82, 2.24) is 0 Å². The molecule has 5 heteroatoms. The van der Waals surface area contributed by atoms with E-state index in [1.807, 2.05) is 50.2 Å². The molecule has 1 amide bonds. The maximum absolute atomic E-state index is 12.4. The van der Waals surface area contributed by atoms with Crippen LogP contribution in [0.1, 0.15) is 25.0 Å². The van der Waals surface area contributed by atoms with Gasteiger partial charge in [-0.2, -0.15) is 0 Å². The third-order valence-corrected chi connectivity index (χ3v) is 5.09. The number of hydrogen-bond acceptors (Lipinski definition) is 3. The Morgan fingerprint density at radius 2 is 1.88 bits per heavy atom. The average molecular weight is 364 g/mol. The lowest BCUT2D eigenvalue weighted by molar-refractivity contribution is -0.122. The van der Waals surface area contributed by atoms with Gasteiger partial charge in [0, 0.05) is 9.92 Å². The number of ether oxygens (including phenoxy) is 1. The number of thioether (sulfide) groups is 1. The third-order valence-electron chi connectivity index (χ3n) is 3.54. The van der Waals surface area contributed by atoms with Crippen LogP contribution in [0.5, 0.6) is 5.75 Å². The SMILES string of the molecule is CCSc1ccccc1NC(=O)[C@H](C)Oc1cc(C)c(Cl)c(C)c1. The third kappa shape index (κ3) is 4.68. The number of aryl methyl sites for hydroxylation is 2. The van der Waals surface area contributed by atoms with E-state index >= 15 is 0 Å². The molecule has 1 N–H and O–H groups in total. The normalized spacial score (nSPS) is 11.9. The van der Waals surface area contributed by atoms with Gasteiger partial charge in [-0.3, -0.25) is 4.79 Å². The van der Waals surface area contributed by atoms with Gasteiger partial charge in [-0.05, 0) is 61.9 Å². The summed E-state index contributed by atoms with van der Waals surface area (Å²) in [7, 11) is 0. The van der Waals surface area contributed by atoms with E-state index in [2.05, 4.69) is 12.2 Å². The molecular weight excluding hydrogens is 342 g/mol. The van der Waals surface area contributed by atoms with Crippen LogP contribution in [0.25, 0.3) is 0 Å². The van der Waals surface area contributed by atoms with E-state index in [4.69, 9.17) is 16.3 Å². The van der Waals surface area contributed by atoms with Gasteiger partial charge >= 0.3 is 0 Å². The van der Waals surface area contributed by atoms with Crippen LogP contribution in [0, 0.1) is 13.8 Å². The minimum atomic E-state index is -0.607. The maximum Gasteiger partial charge on any atom is 0.265 e. The second kappa shape index (κ2) is 8.45. The zero-order valence-electron chi connectivity index (χ0n) is 14.4. The highest BCUT2D eigenvalue weighted by atomic mass is 35.5. The number of rotatable bonds is 6. The number of para-hydroxylation sites is 1. The Morgan fingerprint density at radius 1 is 1.25 bits per heavy atom. The highest BCUT2D eigenvalue weighted by Crippen LogP contribution is 2.28. The van der Waals surface area contributed by atoms with Gasteiger partial charge in [-0.1, -0.05) is 30.7 Å². The van der Waals surface area contributed by atoms with Gasteiger partial charge in [0.25, 0.3) is 5.91 Å². The molecule has 2 aromatic carbocycles. The Hall–Kier alpha value is -1.65. The smallest absolute Gasteiger partial charge is 0.265 e. The van der Waals surface area contributed by atoms with E-state index in [9.17, 15) is 4.79 Å². The second-order valence-corrected chi connectivity index (χ2v) is 7.23. The Kier molecular flexibility index (Phi) is 6.58. The molecule has 0 spiro atoms. The number of benzene rings is 2. The lowest BCUT2D eigenvalue weighted by atomic mass is 10.1. The molecule has 0 aromatic heterocycles. The summed E-state index contributed by atoms with van der Waals surface area (Å²) in [6.45, 7) is 7.67. The van der Waals surface area contributed by atoms with E-state index in [0.29, 0.717) is 5.75 Å². The van der Waals surface area contributed by atoms with E-state index in [1.165, 1.54) is 0 Å². The van der Waals surface area contributed by atoms with Crippen LogP contribution in [0.2, 0.25) is 5.02 Å². The van der Waals surface area contributed by atoms with Crippen molar-refractivity contribution in [3.05, 3.63) is 52.5 Å². The maximum atomic E-state index is 12.4. The molecule has 0 radical (unpaired) electrons. The summed E-state index contributed by atoms with van der Waals surface area (Å²) in [5.74, 6) is 1.42. The Morgan fingerprint density at radius 3 is 2.50 bits per heavy atom. The molecule has 24 heavy (non-hydrogen) atoms. The Bertz CT molecular complexity index is 710. The summed E-state index contributed by atoms with van der Waals surface area (Å²) >= 11 is 7.86. The molecular formula is C19H22ClNO2S. The van der Waals surface area contributed by atoms with Gasteiger partial charge in [-0.25, -0.2) is 0 Å². The topological polar surface area (TPSA) is 38.3 Å². The van der Waals surface area contributed by atoms with Crippen molar-refractivity contribution in [2.45, 2.75) is 38.7 Å². The van der Waals surface area contributed by atoms with Crippen molar-refractivity contribution in [2.75, 3.05) is 11.1 Å². The molecule has 2 rings (SSSR count). The number of nitrogens with one attached hydrogen (secondary N) is 1. The van der Waals surface area contributed by atoms with Gasteiger partial charge in [0.05, 0.1) is 5.69 Å². The molecule has 0 heterocycles. The monoisotopic (exact) mass is 363 g/mol. The highest BCUT2D eigenvalue weighted by molar-refractivity contribution is 7.99. The van der Waals surface area contributed by atoms with Crippen LogP contribution in [-0.4, -0.2) is 17.8 Å². The van der Waals surface area contributed by atoms with Crippen molar-refractivity contribution in [2.24, 2.45) is 0 Å². The first kappa shape index (κ1) is 18.7. The quantitative estimate of drug-likeness (QED) is 0.691. The molecule has 128 valence electrons. The standard InChI is InChI=1S/C19H22ClNO2S/c1-5-24-17-9-7-6-8-16(17)21-19(22)14(4)23-15-10-12(2)18(20)13(3)11-15/h6-11,14H,5H2,1-4H3,(H,21,22)/t14-/m0/s1. The van der Waals surface area contributed by atoms with Crippen LogP contribution < -0.4 is 10.1 Å². The molecule has 0 aliphatic rings. The number of amides is 1. The Balaban J connectivity index is 2.08. The molecule has 0 aliphatic heterocycles. The van der Waals surface area contributed by atoms with Gasteiger partial charge < -0.3 is 10.1 Å². The highest BCUT2D eigenvalue weighted by Gasteiger charge is 2.17. The molecule has 0 unspecified atom stereocenters. The Labute approximate surface area is 152 Å². The largest absolute Gasteiger partial charge is 0.481 e. The minimum absolute atomic E-state index is 0.176. The predicted molar refractivity (Wildman–Crippen MR) is 102 cm³/mol. The molecule has 0 bridgehead atoms. The van der Waals surface area contributed by atoms with E-state index in [0.717, 1.165) is 32.5 Å². The number of hydrogen-bond donors (Lipinski definition) is 1. The van der Waals surface area contributed by atoms with Crippen molar-refractivity contribution >= 4 is 35.0 Å². The first-order valence-corrected chi connectivity index (χ1v) is 9.24. The number of halogens is 1. The molecule has 0 saturated heterocycles. The van der Waals surface area contributed by atoms with Crippen LogP contribution in [0.3, 0.4) is 0 Å². The van der Waals surface area contributed by atoms with Crippen LogP contribution in [0.4, 0.5) is 5.69 Å². The molecule has 0 saturated carbocycles. The van der Waals surface area contributed by atoms with Crippen molar-refractivity contribution in [3.63, 3.8) is 0 Å². The fourth-order valence-electron chi connectivity index (χ4n) is 2.32. The lowest BCUT2D eigenvalue weighted by Crippen LogP contribution is -2.30. The zero-order valence-corrected chi connectivity index (χ0v) is 15.9. The fourth-order valence-corrected chi connectivity index (χ4v) is 3.19. The molecule has 0 aliphatic carbocycles. The summed E-state index contributed by atoms with van der Waals surface area (Å²) in [4.78, 5) is 13.5. The van der Waals surface area contributed by atoms with Gasteiger partial charge in [0.2, 0.25) is 0 Å². The van der Waals surface area contributed by atoms with Crippen LogP contribution in [0.15, 0.2) is 41.3 Å². The molecule has 2 aromatic rings. The summed E-state index contributed by atoms with van der Waals surface area (Å²) < 4.78 is 5.79. The number of carbonyl (C=O) groups excluding carboxylic acids is 1. The first-order chi connectivity index (χ1) is 11.4. The molecule has 0 fully saturated rings. The summed E-state index contributed by atoms with van der Waals surface area (Å²) in [5.41, 5.74) is 2.68. The average Bonchev–Trinajstić information content (AvgIpc) is 2.54. The fraction of sp³-hybridized carbons (Fsp3) is 0.316. The molecule has 3 nitrogen and oxygen atoms in total. The van der Waals surface area contributed by atoms with Crippen LogP contribution in [-0.2, 0) is 4.79 Å².